The summed E-state index contributed by atoms with van der Waals surface area (Å²) in [6.45, 7) is 3.72. The maximum absolute atomic E-state index is 11.7. The van der Waals surface area contributed by atoms with Crippen LogP contribution < -0.4 is 5.73 Å². The van der Waals surface area contributed by atoms with Crippen molar-refractivity contribution in [3.05, 3.63) is 29.7 Å². The summed E-state index contributed by atoms with van der Waals surface area (Å²) in [5, 5.41) is 4.09. The zero-order valence-corrected chi connectivity index (χ0v) is 10.1. The highest BCUT2D eigenvalue weighted by atomic mass is 16.5. The van der Waals surface area contributed by atoms with Crippen LogP contribution in [-0.2, 0) is 4.74 Å². The molecule has 2 aromatic heterocycles. The summed E-state index contributed by atoms with van der Waals surface area (Å²) < 4.78 is 6.22. The molecule has 2 N–H and O–H groups in total. The van der Waals surface area contributed by atoms with E-state index in [1.807, 2.05) is 0 Å². The van der Waals surface area contributed by atoms with Crippen LogP contribution in [0.5, 0.6) is 0 Å². The lowest BCUT2D eigenvalue weighted by molar-refractivity contribution is 0.0518. The van der Waals surface area contributed by atoms with Gasteiger partial charge in [-0.15, -0.1) is 0 Å². The van der Waals surface area contributed by atoms with Crippen LogP contribution in [0.25, 0.3) is 5.95 Å². The van der Waals surface area contributed by atoms with E-state index in [9.17, 15) is 4.79 Å². The molecule has 0 aliphatic heterocycles. The molecule has 7 nitrogen and oxygen atoms in total. The van der Waals surface area contributed by atoms with Crippen LogP contribution in [0, 0.1) is 6.92 Å². The molecular weight excluding hydrogens is 234 g/mol. The summed E-state index contributed by atoms with van der Waals surface area (Å²) in [5.74, 6) is 0.134. The van der Waals surface area contributed by atoms with Gasteiger partial charge in [0, 0.05) is 18.0 Å². The summed E-state index contributed by atoms with van der Waals surface area (Å²) in [5.41, 5.74) is 6.62. The van der Waals surface area contributed by atoms with Crippen LogP contribution in [0.1, 0.15) is 23.0 Å². The molecule has 7 heteroatoms. The molecule has 0 spiro atoms. The van der Waals surface area contributed by atoms with Gasteiger partial charge in [-0.1, -0.05) is 0 Å². The second-order valence-electron chi connectivity index (χ2n) is 3.54. The van der Waals surface area contributed by atoms with Gasteiger partial charge in [-0.05, 0) is 19.9 Å². The van der Waals surface area contributed by atoms with Crippen LogP contribution in [0.15, 0.2) is 18.5 Å². The molecule has 0 atom stereocenters. The van der Waals surface area contributed by atoms with E-state index in [0.717, 1.165) is 0 Å². The largest absolute Gasteiger partial charge is 0.461 e. The standard InChI is InChI=1S/C11H13N5O2/c1-3-18-10(17)8-7(2)9(12)16(15-8)11-13-5-4-6-14-11/h4-6H,3,12H2,1-2H3. The number of carbonyl (C=O) groups is 1. The Hall–Kier alpha value is -2.44. The lowest BCUT2D eigenvalue weighted by atomic mass is 10.2. The number of aromatic nitrogens is 4. The molecule has 94 valence electrons. The third-order valence-corrected chi connectivity index (χ3v) is 2.38. The van der Waals surface area contributed by atoms with Gasteiger partial charge in [-0.2, -0.15) is 9.78 Å². The molecule has 0 radical (unpaired) electrons. The molecule has 0 fully saturated rings. The average molecular weight is 247 g/mol. The van der Waals surface area contributed by atoms with E-state index in [2.05, 4.69) is 15.1 Å². The Kier molecular flexibility index (Phi) is 3.22. The number of carbonyl (C=O) groups excluding carboxylic acids is 1. The van der Waals surface area contributed by atoms with Crippen molar-refractivity contribution in [3.63, 3.8) is 0 Å². The van der Waals surface area contributed by atoms with Crippen molar-refractivity contribution in [1.82, 2.24) is 19.7 Å². The SMILES string of the molecule is CCOC(=O)c1nn(-c2ncccn2)c(N)c1C. The van der Waals surface area contributed by atoms with Crippen molar-refractivity contribution in [2.24, 2.45) is 0 Å². The highest BCUT2D eigenvalue weighted by molar-refractivity contribution is 5.90. The number of nitrogens with zero attached hydrogens (tertiary/aromatic N) is 4. The first-order valence-corrected chi connectivity index (χ1v) is 5.44. The van der Waals surface area contributed by atoms with E-state index in [1.54, 1.807) is 32.3 Å². The molecule has 0 amide bonds. The van der Waals surface area contributed by atoms with Crippen molar-refractivity contribution in [1.29, 1.82) is 0 Å². The molecule has 0 aliphatic rings. The monoisotopic (exact) mass is 247 g/mol. The first-order valence-electron chi connectivity index (χ1n) is 5.44. The first-order chi connectivity index (χ1) is 8.65. The maximum Gasteiger partial charge on any atom is 0.359 e. The Labute approximate surface area is 104 Å². The summed E-state index contributed by atoms with van der Waals surface area (Å²) >= 11 is 0. The van der Waals surface area contributed by atoms with Crippen molar-refractivity contribution in [2.75, 3.05) is 12.3 Å². The average Bonchev–Trinajstić information content (AvgIpc) is 2.68. The molecule has 2 rings (SSSR count). The van der Waals surface area contributed by atoms with Gasteiger partial charge in [0.25, 0.3) is 5.95 Å². The Bertz CT molecular complexity index is 564. The number of nitrogens with two attached hydrogens (primary N) is 1. The second-order valence-corrected chi connectivity index (χ2v) is 3.54. The van der Waals surface area contributed by atoms with Gasteiger partial charge in [0.15, 0.2) is 5.69 Å². The fourth-order valence-corrected chi connectivity index (χ4v) is 1.46. The molecule has 0 saturated carbocycles. The molecule has 18 heavy (non-hydrogen) atoms. The Balaban J connectivity index is 2.46. The van der Waals surface area contributed by atoms with Gasteiger partial charge in [-0.3, -0.25) is 0 Å². The minimum absolute atomic E-state index is 0.182. The lowest BCUT2D eigenvalue weighted by Gasteiger charge is -2.00. The van der Waals surface area contributed by atoms with Gasteiger partial charge >= 0.3 is 5.97 Å². The van der Waals surface area contributed by atoms with E-state index in [-0.39, 0.29) is 12.3 Å². The highest BCUT2D eigenvalue weighted by Gasteiger charge is 2.20. The number of rotatable bonds is 3. The molecule has 0 unspecified atom stereocenters. The first kappa shape index (κ1) is 12.0. The minimum atomic E-state index is -0.503. The molecule has 0 saturated heterocycles. The van der Waals surface area contributed by atoms with Crippen LogP contribution >= 0.6 is 0 Å². The fourth-order valence-electron chi connectivity index (χ4n) is 1.46. The van der Waals surface area contributed by atoms with Gasteiger partial charge in [0.1, 0.15) is 5.82 Å². The van der Waals surface area contributed by atoms with Crippen LogP contribution in [0.2, 0.25) is 0 Å². The number of nitrogen functional groups attached to an aromatic ring is 1. The number of anilines is 1. The summed E-state index contributed by atoms with van der Waals surface area (Å²) in [6.07, 6.45) is 3.14. The third-order valence-electron chi connectivity index (χ3n) is 2.38. The molecule has 2 aromatic rings. The predicted molar refractivity (Wildman–Crippen MR) is 64.3 cm³/mol. The molecule has 0 aromatic carbocycles. The molecule has 0 aliphatic carbocycles. The minimum Gasteiger partial charge on any atom is -0.461 e. The van der Waals surface area contributed by atoms with E-state index in [0.29, 0.717) is 17.3 Å². The van der Waals surface area contributed by atoms with Gasteiger partial charge in [0.05, 0.1) is 6.61 Å². The predicted octanol–water partition coefficient (Wildman–Crippen LogP) is 0.730. The zero-order chi connectivity index (χ0) is 13.1. The van der Waals surface area contributed by atoms with Gasteiger partial charge in [-0.25, -0.2) is 14.8 Å². The summed E-state index contributed by atoms with van der Waals surface area (Å²) in [6, 6.07) is 1.68. The van der Waals surface area contributed by atoms with E-state index < -0.39 is 5.97 Å². The highest BCUT2D eigenvalue weighted by Crippen LogP contribution is 2.18. The van der Waals surface area contributed by atoms with Crippen LogP contribution in [0.4, 0.5) is 5.82 Å². The van der Waals surface area contributed by atoms with Crippen molar-refractivity contribution >= 4 is 11.8 Å². The fraction of sp³-hybridized carbons (Fsp3) is 0.273. The van der Waals surface area contributed by atoms with Crippen molar-refractivity contribution in [2.45, 2.75) is 13.8 Å². The number of hydrogen-bond donors (Lipinski definition) is 1. The Morgan fingerprint density at radius 1 is 1.44 bits per heavy atom. The van der Waals surface area contributed by atoms with Gasteiger partial charge in [0.2, 0.25) is 0 Å². The van der Waals surface area contributed by atoms with Crippen LogP contribution in [0.3, 0.4) is 0 Å². The molecule has 2 heterocycles. The lowest BCUT2D eigenvalue weighted by Crippen LogP contribution is -2.09. The number of hydrogen-bond acceptors (Lipinski definition) is 6. The topological polar surface area (TPSA) is 95.9 Å². The van der Waals surface area contributed by atoms with Crippen LogP contribution in [-0.4, -0.2) is 32.3 Å². The zero-order valence-electron chi connectivity index (χ0n) is 10.1. The van der Waals surface area contributed by atoms with Crippen molar-refractivity contribution < 1.29 is 9.53 Å². The number of ether oxygens (including phenoxy) is 1. The second kappa shape index (κ2) is 4.82. The quantitative estimate of drug-likeness (QED) is 0.803. The van der Waals surface area contributed by atoms with E-state index in [1.165, 1.54) is 4.68 Å². The van der Waals surface area contributed by atoms with E-state index in [4.69, 9.17) is 10.5 Å². The van der Waals surface area contributed by atoms with Crippen molar-refractivity contribution in [3.8, 4) is 5.95 Å². The summed E-state index contributed by atoms with van der Waals surface area (Å²) in [7, 11) is 0. The molecule has 0 bridgehead atoms. The maximum atomic E-state index is 11.7. The Morgan fingerprint density at radius 3 is 2.72 bits per heavy atom. The number of esters is 1. The Morgan fingerprint density at radius 2 is 2.11 bits per heavy atom. The summed E-state index contributed by atoms with van der Waals surface area (Å²) in [4.78, 5) is 19.7. The molecular formula is C11H13N5O2. The van der Waals surface area contributed by atoms with Gasteiger partial charge < -0.3 is 10.5 Å². The third kappa shape index (κ3) is 2.02. The normalized spacial score (nSPS) is 10.3. The van der Waals surface area contributed by atoms with E-state index >= 15 is 0 Å². The smallest absolute Gasteiger partial charge is 0.359 e.